The number of sulfonamides is 1. The summed E-state index contributed by atoms with van der Waals surface area (Å²) in [6.07, 6.45) is 2.13. The number of carbonyl (C=O) groups is 1. The molecule has 1 aromatic heterocycles. The van der Waals surface area contributed by atoms with Crippen LogP contribution in [0.4, 0.5) is 5.69 Å². The van der Waals surface area contributed by atoms with Crippen molar-refractivity contribution in [3.05, 3.63) is 46.7 Å². The van der Waals surface area contributed by atoms with Gasteiger partial charge in [0, 0.05) is 24.8 Å². The molecule has 0 unspecified atom stereocenters. The monoisotopic (exact) mass is 449 g/mol. The summed E-state index contributed by atoms with van der Waals surface area (Å²) >= 11 is 1.68. The first kappa shape index (κ1) is 21.5. The van der Waals surface area contributed by atoms with Crippen LogP contribution in [0.25, 0.3) is 0 Å². The molecule has 162 valence electrons. The number of likely N-dealkylation sites (tertiary alicyclic amines) is 1. The summed E-state index contributed by atoms with van der Waals surface area (Å²) in [6.45, 7) is 4.37. The van der Waals surface area contributed by atoms with Crippen molar-refractivity contribution < 1.29 is 17.9 Å². The highest BCUT2D eigenvalue weighted by atomic mass is 32.2. The smallest absolute Gasteiger partial charge is 0.243 e. The second-order valence-corrected chi connectivity index (χ2v) is 10.4. The minimum atomic E-state index is -3.54. The lowest BCUT2D eigenvalue weighted by Crippen LogP contribution is -2.41. The molecule has 2 aromatic rings. The Morgan fingerprint density at radius 1 is 1.17 bits per heavy atom. The summed E-state index contributed by atoms with van der Waals surface area (Å²) in [5.41, 5.74) is 1.87. The number of thiophene rings is 1. The van der Waals surface area contributed by atoms with Gasteiger partial charge in [-0.3, -0.25) is 9.69 Å². The molecule has 9 heteroatoms. The van der Waals surface area contributed by atoms with E-state index in [4.69, 9.17) is 4.74 Å². The predicted octanol–water partition coefficient (Wildman–Crippen LogP) is 2.93. The summed E-state index contributed by atoms with van der Waals surface area (Å²) in [6, 6.07) is 8.54. The lowest BCUT2D eigenvalue weighted by molar-refractivity contribution is -0.121. The largest absolute Gasteiger partial charge is 0.379 e. The van der Waals surface area contributed by atoms with Crippen molar-refractivity contribution in [3.8, 4) is 0 Å². The van der Waals surface area contributed by atoms with Crippen molar-refractivity contribution in [2.75, 3.05) is 38.2 Å². The molecule has 1 aromatic carbocycles. The number of carbonyl (C=O) groups excluding carboxylic acids is 1. The molecule has 2 saturated heterocycles. The van der Waals surface area contributed by atoms with Gasteiger partial charge in [0.05, 0.1) is 24.2 Å². The van der Waals surface area contributed by atoms with Crippen LogP contribution in [-0.2, 0) is 19.6 Å². The number of ether oxygens (including phenoxy) is 1. The molecule has 4 rings (SSSR count). The number of morpholine rings is 1. The number of amides is 1. The summed E-state index contributed by atoms with van der Waals surface area (Å²) in [7, 11) is -3.54. The molecule has 0 spiro atoms. The molecule has 0 aliphatic carbocycles. The van der Waals surface area contributed by atoms with Crippen LogP contribution in [0.15, 0.2) is 46.0 Å². The van der Waals surface area contributed by atoms with Crippen LogP contribution in [0.5, 0.6) is 0 Å². The summed E-state index contributed by atoms with van der Waals surface area (Å²) in [4.78, 5) is 15.3. The van der Waals surface area contributed by atoms with E-state index in [9.17, 15) is 13.2 Å². The van der Waals surface area contributed by atoms with Gasteiger partial charge in [-0.1, -0.05) is 0 Å². The first-order valence-corrected chi connectivity index (χ1v) is 12.6. The molecule has 30 heavy (non-hydrogen) atoms. The number of nitrogens with one attached hydrogen (secondary N) is 1. The normalized spacial score (nSPS) is 22.1. The van der Waals surface area contributed by atoms with Crippen molar-refractivity contribution in [2.45, 2.75) is 36.7 Å². The van der Waals surface area contributed by atoms with Gasteiger partial charge in [0.2, 0.25) is 15.9 Å². The molecule has 7 nitrogen and oxygen atoms in total. The molecule has 0 saturated carbocycles. The van der Waals surface area contributed by atoms with Crippen molar-refractivity contribution in [1.82, 2.24) is 9.21 Å². The van der Waals surface area contributed by atoms with Gasteiger partial charge < -0.3 is 10.1 Å². The Kier molecular flexibility index (Phi) is 6.54. The van der Waals surface area contributed by atoms with Gasteiger partial charge in [-0.15, -0.1) is 0 Å². The van der Waals surface area contributed by atoms with Crippen LogP contribution in [0.1, 0.15) is 31.4 Å². The van der Waals surface area contributed by atoms with Crippen molar-refractivity contribution in [2.24, 2.45) is 0 Å². The van der Waals surface area contributed by atoms with E-state index in [0.29, 0.717) is 32.0 Å². The number of benzene rings is 1. The molecule has 2 fully saturated rings. The third-order valence-electron chi connectivity index (χ3n) is 5.83. The Balaban J connectivity index is 1.41. The van der Waals surface area contributed by atoms with E-state index < -0.39 is 10.0 Å². The predicted molar refractivity (Wildman–Crippen MR) is 117 cm³/mol. The first-order chi connectivity index (χ1) is 14.5. The Morgan fingerprint density at radius 3 is 2.57 bits per heavy atom. The average molecular weight is 450 g/mol. The average Bonchev–Trinajstić information content (AvgIpc) is 3.46. The molecule has 1 amide bonds. The lowest BCUT2D eigenvalue weighted by Gasteiger charge is -2.29. The maximum absolute atomic E-state index is 12.9. The van der Waals surface area contributed by atoms with E-state index in [0.717, 1.165) is 19.4 Å². The highest BCUT2D eigenvalue weighted by Crippen LogP contribution is 2.34. The maximum Gasteiger partial charge on any atom is 0.243 e. The number of hydrogen-bond acceptors (Lipinski definition) is 6. The molecule has 0 radical (unpaired) electrons. The van der Waals surface area contributed by atoms with E-state index >= 15 is 0 Å². The van der Waals surface area contributed by atoms with Gasteiger partial charge in [0.25, 0.3) is 0 Å². The zero-order chi connectivity index (χ0) is 21.1. The topological polar surface area (TPSA) is 79.0 Å². The van der Waals surface area contributed by atoms with Crippen LogP contribution < -0.4 is 5.32 Å². The highest BCUT2D eigenvalue weighted by Gasteiger charge is 2.33. The Morgan fingerprint density at radius 2 is 1.90 bits per heavy atom. The number of nitrogens with zero attached hydrogens (tertiary/aromatic N) is 2. The first-order valence-electron chi connectivity index (χ1n) is 10.2. The van der Waals surface area contributed by atoms with E-state index in [1.165, 1.54) is 9.87 Å². The van der Waals surface area contributed by atoms with Gasteiger partial charge in [-0.25, -0.2) is 8.42 Å². The van der Waals surface area contributed by atoms with E-state index in [1.807, 2.05) is 6.92 Å². The molecular formula is C21H27N3O4S2. The Labute approximate surface area is 181 Å². The quantitative estimate of drug-likeness (QED) is 0.734. The molecular weight excluding hydrogens is 422 g/mol. The third kappa shape index (κ3) is 4.45. The van der Waals surface area contributed by atoms with E-state index in [-0.39, 0.29) is 22.9 Å². The summed E-state index contributed by atoms with van der Waals surface area (Å²) in [5.74, 6) is -0.0825. The van der Waals surface area contributed by atoms with Gasteiger partial charge in [-0.2, -0.15) is 15.6 Å². The van der Waals surface area contributed by atoms with Gasteiger partial charge in [-0.05, 0) is 73.0 Å². The minimum absolute atomic E-state index is 0.0825. The van der Waals surface area contributed by atoms with Crippen molar-refractivity contribution in [3.63, 3.8) is 0 Å². The summed E-state index contributed by atoms with van der Waals surface area (Å²) < 4.78 is 32.1. The van der Waals surface area contributed by atoms with Crippen LogP contribution in [0.3, 0.4) is 0 Å². The Hall–Kier alpha value is -1.78. The van der Waals surface area contributed by atoms with Crippen LogP contribution in [0.2, 0.25) is 0 Å². The van der Waals surface area contributed by atoms with Crippen LogP contribution >= 0.6 is 11.3 Å². The highest BCUT2D eigenvalue weighted by molar-refractivity contribution is 7.89. The number of rotatable bonds is 6. The molecule has 2 aliphatic heterocycles. The Bertz CT molecular complexity index is 955. The van der Waals surface area contributed by atoms with Gasteiger partial charge in [0.15, 0.2) is 0 Å². The molecule has 2 aliphatic rings. The van der Waals surface area contributed by atoms with Gasteiger partial charge >= 0.3 is 0 Å². The summed E-state index contributed by atoms with van der Waals surface area (Å²) in [5, 5.41) is 7.16. The number of hydrogen-bond donors (Lipinski definition) is 1. The number of anilines is 1. The third-order valence-corrected chi connectivity index (χ3v) is 8.44. The standard InChI is InChI=1S/C21H27N3O4S2/c1-16(24-9-2-3-20(24)17-8-14-29-15-17)21(25)22-18-4-6-19(7-5-18)30(26,27)23-10-12-28-13-11-23/h4-8,14-16,20H,2-3,9-13H2,1H3,(H,22,25)/t16-,20+/m0/s1. The molecule has 2 atom stereocenters. The zero-order valence-electron chi connectivity index (χ0n) is 17.0. The maximum atomic E-state index is 12.9. The fraction of sp³-hybridized carbons (Fsp3) is 0.476. The molecule has 1 N–H and O–H groups in total. The van der Waals surface area contributed by atoms with Gasteiger partial charge in [0.1, 0.15) is 0 Å². The van der Waals surface area contributed by atoms with Crippen molar-refractivity contribution >= 4 is 33.0 Å². The lowest BCUT2D eigenvalue weighted by atomic mass is 10.1. The van der Waals surface area contributed by atoms with E-state index in [2.05, 4.69) is 27.0 Å². The second kappa shape index (κ2) is 9.15. The molecule has 3 heterocycles. The van der Waals surface area contributed by atoms with E-state index in [1.54, 1.807) is 35.6 Å². The van der Waals surface area contributed by atoms with Crippen LogP contribution in [0, 0.1) is 0 Å². The van der Waals surface area contributed by atoms with Crippen molar-refractivity contribution in [1.29, 1.82) is 0 Å². The van der Waals surface area contributed by atoms with Crippen LogP contribution in [-0.4, -0.2) is 62.4 Å². The fourth-order valence-corrected chi connectivity index (χ4v) is 6.23. The minimum Gasteiger partial charge on any atom is -0.379 e. The second-order valence-electron chi connectivity index (χ2n) is 7.66. The SMILES string of the molecule is C[C@@H](C(=O)Nc1ccc(S(=O)(=O)N2CCOCC2)cc1)N1CCC[C@@H]1c1ccsc1. The zero-order valence-corrected chi connectivity index (χ0v) is 18.6. The fourth-order valence-electron chi connectivity index (χ4n) is 4.12. The molecule has 0 bridgehead atoms.